The Morgan fingerprint density at radius 2 is 1.07 bits per heavy atom. The normalized spacial score (nSPS) is 10.6. The third-order valence-electron chi connectivity index (χ3n) is 4.61. The van der Waals surface area contributed by atoms with E-state index in [1.165, 1.54) is 0 Å². The summed E-state index contributed by atoms with van der Waals surface area (Å²) in [6.45, 7) is 4.03. The number of benzene rings is 2. The lowest BCUT2D eigenvalue weighted by Crippen LogP contribution is -2.12. The smallest absolute Gasteiger partial charge is 0.224 e. The summed E-state index contributed by atoms with van der Waals surface area (Å²) in [6.07, 6.45) is 5.77. The van der Waals surface area contributed by atoms with Crippen LogP contribution < -0.4 is 10.6 Å². The van der Waals surface area contributed by atoms with E-state index in [4.69, 9.17) is 0 Å². The molecule has 2 amide bonds. The lowest BCUT2D eigenvalue weighted by Gasteiger charge is -2.09. The van der Waals surface area contributed by atoms with Crippen molar-refractivity contribution in [1.82, 2.24) is 0 Å². The predicted octanol–water partition coefficient (Wildman–Crippen LogP) is 7.14. The monoisotopic (exact) mass is 522 g/mol. The van der Waals surface area contributed by atoms with Gasteiger partial charge in [-0.1, -0.05) is 31.4 Å². The largest absolute Gasteiger partial charge is 0.325 e. The van der Waals surface area contributed by atoms with Crippen molar-refractivity contribution in [2.45, 2.75) is 58.8 Å². The Morgan fingerprint density at radius 3 is 1.45 bits per heavy atom. The van der Waals surface area contributed by atoms with E-state index in [-0.39, 0.29) is 11.8 Å². The molecule has 2 N–H and O–H groups in total. The molecule has 0 aliphatic rings. The molecule has 29 heavy (non-hydrogen) atoms. The quantitative estimate of drug-likeness (QED) is 0.325. The van der Waals surface area contributed by atoms with Gasteiger partial charge in [0.15, 0.2) is 0 Å². The van der Waals surface area contributed by atoms with Crippen LogP contribution in [-0.4, -0.2) is 11.8 Å². The number of anilines is 2. The van der Waals surface area contributed by atoms with Crippen LogP contribution in [0.5, 0.6) is 0 Å². The molecule has 6 heteroatoms. The zero-order valence-corrected chi connectivity index (χ0v) is 20.2. The van der Waals surface area contributed by atoms with Gasteiger partial charge in [0.2, 0.25) is 11.8 Å². The van der Waals surface area contributed by atoms with E-state index in [0.29, 0.717) is 12.8 Å². The lowest BCUT2D eigenvalue weighted by molar-refractivity contribution is -0.117. The van der Waals surface area contributed by atoms with Gasteiger partial charge in [-0.15, -0.1) is 0 Å². The van der Waals surface area contributed by atoms with Crippen LogP contribution in [0.2, 0.25) is 0 Å². The van der Waals surface area contributed by atoms with Gasteiger partial charge in [-0.3, -0.25) is 9.59 Å². The summed E-state index contributed by atoms with van der Waals surface area (Å²) >= 11 is 6.95. The molecule has 2 rings (SSSR count). The molecule has 0 aromatic heterocycles. The first-order valence-corrected chi connectivity index (χ1v) is 11.6. The number of rotatable bonds is 10. The van der Waals surface area contributed by atoms with Crippen molar-refractivity contribution in [3.63, 3.8) is 0 Å². The van der Waals surface area contributed by atoms with Gasteiger partial charge in [0.1, 0.15) is 0 Å². The molecule has 2 aromatic rings. The minimum Gasteiger partial charge on any atom is -0.325 e. The number of hydrogen-bond acceptors (Lipinski definition) is 2. The first kappa shape index (κ1) is 23.6. The average Bonchev–Trinajstić information content (AvgIpc) is 2.65. The van der Waals surface area contributed by atoms with E-state index in [0.717, 1.165) is 63.6 Å². The maximum absolute atomic E-state index is 12.1. The van der Waals surface area contributed by atoms with Gasteiger partial charge >= 0.3 is 0 Å². The van der Waals surface area contributed by atoms with Crippen LogP contribution in [0.1, 0.15) is 56.1 Å². The highest BCUT2D eigenvalue weighted by Crippen LogP contribution is 2.24. The molecule has 0 fully saturated rings. The fourth-order valence-electron chi connectivity index (χ4n) is 2.97. The first-order valence-electron chi connectivity index (χ1n) is 9.97. The van der Waals surface area contributed by atoms with Crippen LogP contribution in [0, 0.1) is 13.8 Å². The Hall–Kier alpha value is -1.66. The van der Waals surface area contributed by atoms with Gasteiger partial charge < -0.3 is 10.6 Å². The van der Waals surface area contributed by atoms with Gasteiger partial charge in [-0.2, -0.15) is 0 Å². The van der Waals surface area contributed by atoms with Crippen LogP contribution in [0.3, 0.4) is 0 Å². The highest BCUT2D eigenvalue weighted by atomic mass is 79.9. The van der Waals surface area contributed by atoms with Crippen molar-refractivity contribution in [2.24, 2.45) is 0 Å². The third-order valence-corrected chi connectivity index (χ3v) is 5.92. The summed E-state index contributed by atoms with van der Waals surface area (Å²) in [4.78, 5) is 24.1. The lowest BCUT2D eigenvalue weighted by atomic mass is 10.1. The second kappa shape index (κ2) is 12.1. The SMILES string of the molecule is Cc1ccc(NC(=O)CCCCCCCC(=O)Nc2ccc(C)cc2Br)c(Br)c1. The fourth-order valence-corrected chi connectivity index (χ4v) is 4.15. The zero-order valence-electron chi connectivity index (χ0n) is 17.0. The molecule has 0 unspecified atom stereocenters. The number of nitrogens with one attached hydrogen (secondary N) is 2. The first-order chi connectivity index (χ1) is 13.8. The summed E-state index contributed by atoms with van der Waals surface area (Å²) in [6, 6.07) is 11.8. The number of hydrogen-bond donors (Lipinski definition) is 2. The van der Waals surface area contributed by atoms with E-state index >= 15 is 0 Å². The molecule has 0 saturated carbocycles. The highest BCUT2D eigenvalue weighted by Gasteiger charge is 2.07. The number of carbonyl (C=O) groups excluding carboxylic acids is 2. The van der Waals surface area contributed by atoms with Crippen LogP contribution in [0.4, 0.5) is 11.4 Å². The highest BCUT2D eigenvalue weighted by molar-refractivity contribution is 9.11. The summed E-state index contributed by atoms with van der Waals surface area (Å²) < 4.78 is 1.81. The summed E-state index contributed by atoms with van der Waals surface area (Å²) in [7, 11) is 0. The van der Waals surface area contributed by atoms with Gasteiger partial charge in [-0.05, 0) is 93.9 Å². The zero-order chi connectivity index (χ0) is 21.2. The second-order valence-electron chi connectivity index (χ2n) is 7.33. The molecule has 0 aliphatic heterocycles. The Bertz CT molecular complexity index is 783. The fraction of sp³-hybridized carbons (Fsp3) is 0.391. The van der Waals surface area contributed by atoms with Crippen molar-refractivity contribution < 1.29 is 9.59 Å². The number of carbonyl (C=O) groups is 2. The molecule has 0 bridgehead atoms. The van der Waals surface area contributed by atoms with E-state index in [9.17, 15) is 9.59 Å². The summed E-state index contributed by atoms with van der Waals surface area (Å²) in [5, 5.41) is 5.89. The van der Waals surface area contributed by atoms with Crippen molar-refractivity contribution in [3.05, 3.63) is 56.5 Å². The molecular weight excluding hydrogens is 496 g/mol. The van der Waals surface area contributed by atoms with E-state index in [2.05, 4.69) is 42.5 Å². The Labute approximate surface area is 190 Å². The molecule has 4 nitrogen and oxygen atoms in total. The standard InChI is InChI=1S/C23H28Br2N2O2/c1-16-10-12-20(18(24)14-16)26-22(28)8-6-4-3-5-7-9-23(29)27-21-13-11-17(2)15-19(21)25/h10-15H,3-9H2,1-2H3,(H,26,28)(H,27,29). The minimum atomic E-state index is 0.0394. The molecule has 156 valence electrons. The number of halogens is 2. The van der Waals surface area contributed by atoms with Crippen LogP contribution in [0.15, 0.2) is 45.3 Å². The van der Waals surface area contributed by atoms with Crippen LogP contribution in [-0.2, 0) is 9.59 Å². The van der Waals surface area contributed by atoms with Crippen molar-refractivity contribution >= 4 is 55.0 Å². The Morgan fingerprint density at radius 1 is 0.690 bits per heavy atom. The van der Waals surface area contributed by atoms with E-state index in [1.807, 2.05) is 50.2 Å². The minimum absolute atomic E-state index is 0.0394. The Kier molecular flexibility index (Phi) is 9.88. The molecule has 2 aromatic carbocycles. The molecule has 0 spiro atoms. The van der Waals surface area contributed by atoms with Crippen molar-refractivity contribution in [1.29, 1.82) is 0 Å². The molecule has 0 radical (unpaired) electrons. The molecule has 0 atom stereocenters. The van der Waals surface area contributed by atoms with Gasteiger partial charge in [0.25, 0.3) is 0 Å². The van der Waals surface area contributed by atoms with Crippen molar-refractivity contribution in [3.8, 4) is 0 Å². The predicted molar refractivity (Wildman–Crippen MR) is 127 cm³/mol. The molecular formula is C23H28Br2N2O2. The average molecular weight is 524 g/mol. The molecule has 0 saturated heterocycles. The van der Waals surface area contributed by atoms with E-state index < -0.39 is 0 Å². The molecule has 0 heterocycles. The van der Waals surface area contributed by atoms with Crippen LogP contribution in [0.25, 0.3) is 0 Å². The number of aryl methyl sites for hydroxylation is 2. The van der Waals surface area contributed by atoms with Crippen LogP contribution >= 0.6 is 31.9 Å². The summed E-state index contributed by atoms with van der Waals surface area (Å²) in [5.41, 5.74) is 3.92. The maximum Gasteiger partial charge on any atom is 0.224 e. The van der Waals surface area contributed by atoms with Crippen molar-refractivity contribution in [2.75, 3.05) is 10.6 Å². The second-order valence-corrected chi connectivity index (χ2v) is 9.04. The third kappa shape index (κ3) is 8.70. The topological polar surface area (TPSA) is 58.2 Å². The van der Waals surface area contributed by atoms with E-state index in [1.54, 1.807) is 0 Å². The maximum atomic E-state index is 12.1. The number of amides is 2. The van der Waals surface area contributed by atoms with Gasteiger partial charge in [-0.25, -0.2) is 0 Å². The Balaban J connectivity index is 1.55. The van der Waals surface area contributed by atoms with Gasteiger partial charge in [0, 0.05) is 21.8 Å². The summed E-state index contributed by atoms with van der Waals surface area (Å²) in [5.74, 6) is 0.0789. The molecule has 0 aliphatic carbocycles. The van der Waals surface area contributed by atoms with Gasteiger partial charge in [0.05, 0.1) is 11.4 Å². The number of unbranched alkanes of at least 4 members (excludes halogenated alkanes) is 4.